The van der Waals surface area contributed by atoms with E-state index in [2.05, 4.69) is 93.7 Å². The van der Waals surface area contributed by atoms with Crippen LogP contribution in [0, 0.1) is 0 Å². The van der Waals surface area contributed by atoms with Crippen LogP contribution >= 0.6 is 0 Å². The van der Waals surface area contributed by atoms with Gasteiger partial charge in [-0.1, -0.05) is 58.0 Å². The fourth-order valence-corrected chi connectivity index (χ4v) is 5.12. The summed E-state index contributed by atoms with van der Waals surface area (Å²) < 4.78 is 24.5. The molecule has 1 aromatic heterocycles. The van der Waals surface area contributed by atoms with Crippen molar-refractivity contribution in [1.82, 2.24) is 4.98 Å². The molecular weight excluding hydrogens is 584 g/mol. The van der Waals surface area contributed by atoms with Gasteiger partial charge in [-0.25, -0.2) is 4.98 Å². The number of pyridine rings is 1. The molecule has 0 fully saturated rings. The van der Waals surface area contributed by atoms with Gasteiger partial charge in [-0.3, -0.25) is 0 Å². The Morgan fingerprint density at radius 1 is 0.468 bits per heavy atom. The highest BCUT2D eigenvalue weighted by Crippen LogP contribution is 2.40. The molecule has 0 amide bonds. The number of hydrogen-bond acceptors (Lipinski definition) is 6. The van der Waals surface area contributed by atoms with Crippen molar-refractivity contribution >= 4 is 11.4 Å². The third-order valence-corrected chi connectivity index (χ3v) is 7.43. The molecule has 6 nitrogen and oxygen atoms in total. The van der Waals surface area contributed by atoms with E-state index >= 15 is 0 Å². The summed E-state index contributed by atoms with van der Waals surface area (Å²) in [5.41, 5.74) is 7.62. The van der Waals surface area contributed by atoms with Crippen molar-refractivity contribution in [3.05, 3.63) is 103 Å². The van der Waals surface area contributed by atoms with Crippen molar-refractivity contribution in [3.8, 4) is 56.6 Å². The number of ether oxygens (including phenoxy) is 4. The SMILES string of the molecule is CCCOc1ccc(-c2cc(-c3ccc(Nc4ccccc4)cc3)cc(-c3ccc(OCCC)cc3OCCC)n2)c(OCCC)c1. The Hall–Kier alpha value is -4.97. The predicted molar refractivity (Wildman–Crippen MR) is 193 cm³/mol. The van der Waals surface area contributed by atoms with E-state index in [9.17, 15) is 0 Å². The quantitative estimate of drug-likeness (QED) is 0.110. The van der Waals surface area contributed by atoms with Gasteiger partial charge in [-0.2, -0.15) is 0 Å². The minimum absolute atomic E-state index is 0.598. The molecule has 0 saturated heterocycles. The van der Waals surface area contributed by atoms with Gasteiger partial charge in [0.05, 0.1) is 37.8 Å². The van der Waals surface area contributed by atoms with Crippen LogP contribution in [-0.2, 0) is 0 Å². The molecule has 5 rings (SSSR count). The first-order valence-corrected chi connectivity index (χ1v) is 16.9. The number of para-hydroxylation sites is 1. The Kier molecular flexibility index (Phi) is 12.1. The normalized spacial score (nSPS) is 10.8. The van der Waals surface area contributed by atoms with E-state index in [1.807, 2.05) is 42.5 Å². The minimum atomic E-state index is 0.598. The summed E-state index contributed by atoms with van der Waals surface area (Å²) in [6.45, 7) is 10.9. The highest BCUT2D eigenvalue weighted by atomic mass is 16.5. The zero-order chi connectivity index (χ0) is 32.8. The van der Waals surface area contributed by atoms with Gasteiger partial charge in [0, 0.05) is 34.6 Å². The van der Waals surface area contributed by atoms with Crippen LogP contribution in [0.5, 0.6) is 23.0 Å². The fraction of sp³-hybridized carbons (Fsp3) is 0.293. The van der Waals surface area contributed by atoms with Gasteiger partial charge in [-0.05, 0) is 97.5 Å². The second kappa shape index (κ2) is 17.1. The van der Waals surface area contributed by atoms with Crippen LogP contribution in [0.25, 0.3) is 33.6 Å². The number of aromatic nitrogens is 1. The summed E-state index contributed by atoms with van der Waals surface area (Å²) in [5, 5.41) is 3.48. The molecule has 1 heterocycles. The van der Waals surface area contributed by atoms with Crippen LogP contribution in [0.1, 0.15) is 53.4 Å². The average Bonchev–Trinajstić information content (AvgIpc) is 3.12. The van der Waals surface area contributed by atoms with E-state index in [1.54, 1.807) is 0 Å². The highest BCUT2D eigenvalue weighted by molar-refractivity contribution is 5.81. The third-order valence-electron chi connectivity index (χ3n) is 7.43. The first kappa shape index (κ1) is 33.4. The Labute approximate surface area is 279 Å². The fourth-order valence-electron chi connectivity index (χ4n) is 5.12. The van der Waals surface area contributed by atoms with Crippen molar-refractivity contribution in [3.63, 3.8) is 0 Å². The lowest BCUT2D eigenvalue weighted by Gasteiger charge is -2.17. The first-order valence-electron chi connectivity index (χ1n) is 16.9. The lowest BCUT2D eigenvalue weighted by atomic mass is 9.99. The van der Waals surface area contributed by atoms with E-state index in [4.69, 9.17) is 23.9 Å². The summed E-state index contributed by atoms with van der Waals surface area (Å²) in [4.78, 5) is 5.24. The van der Waals surface area contributed by atoms with Gasteiger partial charge < -0.3 is 24.3 Å². The highest BCUT2D eigenvalue weighted by Gasteiger charge is 2.17. The molecule has 47 heavy (non-hydrogen) atoms. The molecule has 0 saturated carbocycles. The molecule has 0 aliphatic rings. The van der Waals surface area contributed by atoms with E-state index in [0.29, 0.717) is 26.4 Å². The maximum Gasteiger partial charge on any atom is 0.132 e. The van der Waals surface area contributed by atoms with E-state index in [0.717, 1.165) is 93.7 Å². The zero-order valence-corrected chi connectivity index (χ0v) is 28.1. The minimum Gasteiger partial charge on any atom is -0.493 e. The Bertz CT molecular complexity index is 1620. The van der Waals surface area contributed by atoms with Gasteiger partial charge in [0.25, 0.3) is 0 Å². The van der Waals surface area contributed by atoms with Crippen LogP contribution in [0.4, 0.5) is 11.4 Å². The van der Waals surface area contributed by atoms with E-state index in [1.165, 1.54) is 0 Å². The number of rotatable bonds is 17. The third kappa shape index (κ3) is 9.07. The Morgan fingerprint density at radius 2 is 0.936 bits per heavy atom. The number of hydrogen-bond donors (Lipinski definition) is 1. The number of nitrogens with zero attached hydrogens (tertiary/aromatic N) is 1. The first-order chi connectivity index (χ1) is 23.1. The zero-order valence-electron chi connectivity index (χ0n) is 28.1. The molecule has 6 heteroatoms. The van der Waals surface area contributed by atoms with Gasteiger partial charge in [0.15, 0.2) is 0 Å². The van der Waals surface area contributed by atoms with Crippen LogP contribution in [0.2, 0.25) is 0 Å². The predicted octanol–water partition coefficient (Wildman–Crippen LogP) is 11.0. The van der Waals surface area contributed by atoms with Crippen LogP contribution in [-0.4, -0.2) is 31.4 Å². The smallest absolute Gasteiger partial charge is 0.132 e. The average molecular weight is 631 g/mol. The number of benzene rings is 4. The molecule has 244 valence electrons. The van der Waals surface area contributed by atoms with Crippen molar-refractivity contribution in [2.75, 3.05) is 31.7 Å². The van der Waals surface area contributed by atoms with Crippen LogP contribution < -0.4 is 24.3 Å². The maximum absolute atomic E-state index is 6.29. The molecule has 0 bridgehead atoms. The van der Waals surface area contributed by atoms with E-state index < -0.39 is 0 Å². The molecule has 0 unspecified atom stereocenters. The van der Waals surface area contributed by atoms with Crippen LogP contribution in [0.15, 0.2) is 103 Å². The molecule has 0 aliphatic carbocycles. The lowest BCUT2D eigenvalue weighted by molar-refractivity contribution is 0.302. The van der Waals surface area contributed by atoms with Gasteiger partial charge in [0.1, 0.15) is 23.0 Å². The lowest BCUT2D eigenvalue weighted by Crippen LogP contribution is -2.02. The largest absolute Gasteiger partial charge is 0.493 e. The summed E-state index contributed by atoms with van der Waals surface area (Å²) in [6, 6.07) is 35.0. The van der Waals surface area contributed by atoms with Gasteiger partial charge in [0.2, 0.25) is 0 Å². The van der Waals surface area contributed by atoms with Gasteiger partial charge in [-0.15, -0.1) is 0 Å². The molecular formula is C41H46N2O4. The van der Waals surface area contributed by atoms with Crippen molar-refractivity contribution in [1.29, 1.82) is 0 Å². The molecule has 0 atom stereocenters. The summed E-state index contributed by atoms with van der Waals surface area (Å²) >= 11 is 0. The molecule has 0 radical (unpaired) electrons. The van der Waals surface area contributed by atoms with Gasteiger partial charge >= 0.3 is 0 Å². The van der Waals surface area contributed by atoms with Crippen LogP contribution in [0.3, 0.4) is 0 Å². The van der Waals surface area contributed by atoms with Crippen molar-refractivity contribution < 1.29 is 18.9 Å². The topological polar surface area (TPSA) is 61.8 Å². The summed E-state index contributed by atoms with van der Waals surface area (Å²) in [7, 11) is 0. The molecule has 4 aromatic carbocycles. The number of anilines is 2. The van der Waals surface area contributed by atoms with Crippen molar-refractivity contribution in [2.45, 2.75) is 53.4 Å². The van der Waals surface area contributed by atoms with Crippen molar-refractivity contribution in [2.24, 2.45) is 0 Å². The Morgan fingerprint density at radius 3 is 1.43 bits per heavy atom. The summed E-state index contributed by atoms with van der Waals surface area (Å²) in [6.07, 6.45) is 3.66. The molecule has 5 aromatic rings. The second-order valence-electron chi connectivity index (χ2n) is 11.4. The Balaban J connectivity index is 1.62. The molecule has 0 spiro atoms. The monoisotopic (exact) mass is 630 g/mol. The number of nitrogens with one attached hydrogen (secondary N) is 1. The molecule has 1 N–H and O–H groups in total. The second-order valence-corrected chi connectivity index (χ2v) is 11.4. The molecule has 0 aliphatic heterocycles. The maximum atomic E-state index is 6.29. The standard InChI is InChI=1S/C41H46N2O4/c1-5-22-44-34-18-20-36(40(28-34)46-24-7-3)38-26-31(30-14-16-33(17-15-30)42-32-12-10-9-11-13-32)27-39(43-38)37-21-19-35(45-23-6-2)29-41(37)47-25-8-4/h9-21,26-29,42H,5-8,22-25H2,1-4H3. The van der Waals surface area contributed by atoms with E-state index in [-0.39, 0.29) is 0 Å². The summed E-state index contributed by atoms with van der Waals surface area (Å²) in [5.74, 6) is 3.09.